The van der Waals surface area contributed by atoms with Gasteiger partial charge in [-0.05, 0) is 32.4 Å². The Bertz CT molecular complexity index is 380. The number of aryl methyl sites for hydroxylation is 1. The van der Waals surface area contributed by atoms with E-state index in [1.807, 2.05) is 6.92 Å². The summed E-state index contributed by atoms with van der Waals surface area (Å²) in [6.07, 6.45) is 0.951. The summed E-state index contributed by atoms with van der Waals surface area (Å²) in [5.74, 6) is 0.311. The number of benzene rings is 1. The summed E-state index contributed by atoms with van der Waals surface area (Å²) in [5.41, 5.74) is 2.40. The fourth-order valence-corrected chi connectivity index (χ4v) is 2.15. The molecule has 2 N–H and O–H groups in total. The van der Waals surface area contributed by atoms with Crippen molar-refractivity contribution in [2.45, 2.75) is 26.3 Å². The lowest BCUT2D eigenvalue weighted by molar-refractivity contribution is -0.125. The second kappa shape index (κ2) is 5.32. The zero-order chi connectivity index (χ0) is 12.3. The molecule has 0 aromatic heterocycles. The predicted octanol–water partition coefficient (Wildman–Crippen LogP) is 1.78. The zero-order valence-electron chi connectivity index (χ0n) is 10.5. The molecule has 1 aliphatic rings. The van der Waals surface area contributed by atoms with Gasteiger partial charge in [0.15, 0.2) is 0 Å². The largest absolute Gasteiger partial charge is 0.349 e. The summed E-state index contributed by atoms with van der Waals surface area (Å²) in [6, 6.07) is 8.40. The van der Waals surface area contributed by atoms with E-state index in [1.54, 1.807) is 0 Å². The highest BCUT2D eigenvalue weighted by Gasteiger charge is 2.23. The number of nitrogens with one attached hydrogen (secondary N) is 2. The smallest absolute Gasteiger partial charge is 0.224 e. The molecule has 92 valence electrons. The molecule has 17 heavy (non-hydrogen) atoms. The fraction of sp³-hybridized carbons (Fsp3) is 0.500. The second-order valence-electron chi connectivity index (χ2n) is 4.83. The molecule has 1 fully saturated rings. The van der Waals surface area contributed by atoms with Gasteiger partial charge in [-0.15, -0.1) is 0 Å². The van der Waals surface area contributed by atoms with Crippen LogP contribution in [0.4, 0.5) is 0 Å². The monoisotopic (exact) mass is 232 g/mol. The molecule has 1 amide bonds. The van der Waals surface area contributed by atoms with Crippen LogP contribution in [0.1, 0.15) is 30.5 Å². The van der Waals surface area contributed by atoms with Crippen molar-refractivity contribution >= 4 is 5.91 Å². The first kappa shape index (κ1) is 12.1. The molecular formula is C14H20N2O. The van der Waals surface area contributed by atoms with Gasteiger partial charge < -0.3 is 10.6 Å². The Morgan fingerprint density at radius 2 is 2.12 bits per heavy atom. The molecule has 0 radical (unpaired) electrons. The molecular weight excluding hydrogens is 212 g/mol. The standard InChI is InChI=1S/C14H20N2O/c1-10-3-5-12(6-4-10)11(2)16-14(17)13-7-8-15-9-13/h3-6,11,13,15H,7-9H2,1-2H3,(H,16,17)/t11-,13?/m1/s1. The van der Waals surface area contributed by atoms with Crippen LogP contribution in [0.2, 0.25) is 0 Å². The van der Waals surface area contributed by atoms with E-state index in [9.17, 15) is 4.79 Å². The van der Waals surface area contributed by atoms with E-state index in [0.29, 0.717) is 0 Å². The third kappa shape index (κ3) is 3.07. The molecule has 0 spiro atoms. The van der Waals surface area contributed by atoms with E-state index in [2.05, 4.69) is 41.8 Å². The van der Waals surface area contributed by atoms with Crippen molar-refractivity contribution in [2.75, 3.05) is 13.1 Å². The molecule has 1 aliphatic heterocycles. The molecule has 1 unspecified atom stereocenters. The molecule has 3 heteroatoms. The summed E-state index contributed by atoms with van der Waals surface area (Å²) in [5, 5.41) is 6.29. The first-order valence-electron chi connectivity index (χ1n) is 6.24. The number of hydrogen-bond acceptors (Lipinski definition) is 2. The lowest BCUT2D eigenvalue weighted by Crippen LogP contribution is -2.33. The molecule has 1 saturated heterocycles. The Kier molecular flexibility index (Phi) is 3.79. The predicted molar refractivity (Wildman–Crippen MR) is 68.7 cm³/mol. The van der Waals surface area contributed by atoms with Crippen molar-refractivity contribution in [1.29, 1.82) is 0 Å². The molecule has 2 atom stereocenters. The van der Waals surface area contributed by atoms with Crippen molar-refractivity contribution in [1.82, 2.24) is 10.6 Å². The zero-order valence-corrected chi connectivity index (χ0v) is 10.5. The maximum Gasteiger partial charge on any atom is 0.224 e. The van der Waals surface area contributed by atoms with Gasteiger partial charge in [0.05, 0.1) is 12.0 Å². The number of rotatable bonds is 3. The van der Waals surface area contributed by atoms with Crippen LogP contribution in [-0.2, 0) is 4.79 Å². The molecule has 1 aromatic carbocycles. The highest BCUT2D eigenvalue weighted by molar-refractivity contribution is 5.79. The van der Waals surface area contributed by atoms with E-state index in [4.69, 9.17) is 0 Å². The van der Waals surface area contributed by atoms with Gasteiger partial charge in [-0.2, -0.15) is 0 Å². The third-order valence-corrected chi connectivity index (χ3v) is 3.37. The third-order valence-electron chi connectivity index (χ3n) is 3.37. The maximum atomic E-state index is 11.9. The van der Waals surface area contributed by atoms with Gasteiger partial charge in [-0.25, -0.2) is 0 Å². The Balaban J connectivity index is 1.93. The summed E-state index contributed by atoms with van der Waals surface area (Å²) in [7, 11) is 0. The minimum Gasteiger partial charge on any atom is -0.349 e. The number of carbonyl (C=O) groups is 1. The molecule has 3 nitrogen and oxygen atoms in total. The summed E-state index contributed by atoms with van der Waals surface area (Å²) >= 11 is 0. The second-order valence-corrected chi connectivity index (χ2v) is 4.83. The first-order chi connectivity index (χ1) is 8.16. The highest BCUT2D eigenvalue weighted by Crippen LogP contribution is 2.15. The number of hydrogen-bond donors (Lipinski definition) is 2. The number of carbonyl (C=O) groups excluding carboxylic acids is 1. The van der Waals surface area contributed by atoms with Gasteiger partial charge in [-0.1, -0.05) is 29.8 Å². The van der Waals surface area contributed by atoms with Crippen molar-refractivity contribution in [2.24, 2.45) is 5.92 Å². The van der Waals surface area contributed by atoms with Crippen molar-refractivity contribution in [3.05, 3.63) is 35.4 Å². The highest BCUT2D eigenvalue weighted by atomic mass is 16.2. The molecule has 1 heterocycles. The summed E-state index contributed by atoms with van der Waals surface area (Å²) < 4.78 is 0. The Morgan fingerprint density at radius 3 is 2.71 bits per heavy atom. The minimum atomic E-state index is 0.0868. The van der Waals surface area contributed by atoms with E-state index in [1.165, 1.54) is 5.56 Å². The first-order valence-corrected chi connectivity index (χ1v) is 6.24. The van der Waals surface area contributed by atoms with Crippen LogP contribution in [0.15, 0.2) is 24.3 Å². The van der Waals surface area contributed by atoms with Gasteiger partial charge in [0, 0.05) is 6.54 Å². The van der Waals surface area contributed by atoms with Gasteiger partial charge in [-0.3, -0.25) is 4.79 Å². The topological polar surface area (TPSA) is 41.1 Å². The average Bonchev–Trinajstić information content (AvgIpc) is 2.83. The van der Waals surface area contributed by atoms with E-state index in [-0.39, 0.29) is 17.9 Å². The van der Waals surface area contributed by atoms with Crippen LogP contribution in [0, 0.1) is 12.8 Å². The summed E-state index contributed by atoms with van der Waals surface area (Å²) in [4.78, 5) is 11.9. The van der Waals surface area contributed by atoms with E-state index < -0.39 is 0 Å². The Hall–Kier alpha value is -1.35. The van der Waals surface area contributed by atoms with Gasteiger partial charge in [0.1, 0.15) is 0 Å². The van der Waals surface area contributed by atoms with Gasteiger partial charge >= 0.3 is 0 Å². The van der Waals surface area contributed by atoms with Crippen LogP contribution in [0.5, 0.6) is 0 Å². The Morgan fingerprint density at radius 1 is 1.41 bits per heavy atom. The minimum absolute atomic E-state index is 0.0868. The fourth-order valence-electron chi connectivity index (χ4n) is 2.15. The summed E-state index contributed by atoms with van der Waals surface area (Å²) in [6.45, 7) is 5.87. The quantitative estimate of drug-likeness (QED) is 0.834. The van der Waals surface area contributed by atoms with Gasteiger partial charge in [0.2, 0.25) is 5.91 Å². The van der Waals surface area contributed by atoms with Crippen LogP contribution in [-0.4, -0.2) is 19.0 Å². The lowest BCUT2D eigenvalue weighted by Gasteiger charge is -2.17. The van der Waals surface area contributed by atoms with Crippen LogP contribution >= 0.6 is 0 Å². The molecule has 0 aliphatic carbocycles. The molecule has 0 bridgehead atoms. The average molecular weight is 232 g/mol. The van der Waals surface area contributed by atoms with Crippen molar-refractivity contribution < 1.29 is 4.79 Å². The SMILES string of the molecule is Cc1ccc([C@@H](C)NC(=O)C2CCNC2)cc1. The molecule has 1 aromatic rings. The normalized spacial score (nSPS) is 21.2. The van der Waals surface area contributed by atoms with E-state index in [0.717, 1.165) is 25.1 Å². The Labute approximate surface area is 103 Å². The maximum absolute atomic E-state index is 11.9. The van der Waals surface area contributed by atoms with Crippen LogP contribution in [0.3, 0.4) is 0 Å². The van der Waals surface area contributed by atoms with Crippen molar-refractivity contribution in [3.8, 4) is 0 Å². The van der Waals surface area contributed by atoms with E-state index >= 15 is 0 Å². The number of amides is 1. The van der Waals surface area contributed by atoms with Crippen LogP contribution in [0.25, 0.3) is 0 Å². The molecule has 2 rings (SSSR count). The van der Waals surface area contributed by atoms with Crippen molar-refractivity contribution in [3.63, 3.8) is 0 Å². The van der Waals surface area contributed by atoms with Gasteiger partial charge in [0.25, 0.3) is 0 Å². The lowest BCUT2D eigenvalue weighted by atomic mass is 10.0. The van der Waals surface area contributed by atoms with Crippen LogP contribution < -0.4 is 10.6 Å². The molecule has 0 saturated carbocycles.